The first-order valence-corrected chi connectivity index (χ1v) is 8.05. The van der Waals surface area contributed by atoms with Crippen molar-refractivity contribution < 1.29 is 9.13 Å². The van der Waals surface area contributed by atoms with E-state index in [1.165, 1.54) is 12.1 Å². The van der Waals surface area contributed by atoms with Crippen molar-refractivity contribution in [2.75, 3.05) is 7.11 Å². The highest BCUT2D eigenvalue weighted by molar-refractivity contribution is 7.71. The van der Waals surface area contributed by atoms with Gasteiger partial charge in [-0.3, -0.25) is 4.57 Å². The van der Waals surface area contributed by atoms with Crippen molar-refractivity contribution in [2.24, 2.45) is 0 Å². The Morgan fingerprint density at radius 3 is 2.50 bits per heavy atom. The molecule has 0 fully saturated rings. The van der Waals surface area contributed by atoms with Crippen molar-refractivity contribution in [3.8, 4) is 11.4 Å². The van der Waals surface area contributed by atoms with Gasteiger partial charge in [0.1, 0.15) is 11.6 Å². The van der Waals surface area contributed by atoms with E-state index in [9.17, 15) is 4.39 Å². The fourth-order valence-corrected chi connectivity index (χ4v) is 3.10. The van der Waals surface area contributed by atoms with E-state index < -0.39 is 0 Å². The zero-order valence-corrected chi connectivity index (χ0v) is 14.7. The molecule has 1 N–H and O–H groups in total. The quantitative estimate of drug-likeness (QED) is 0.676. The fraction of sp³-hybridized carbons (Fsp3) is 0.211. The minimum atomic E-state index is -0.323. The molecule has 0 radical (unpaired) electrons. The van der Waals surface area contributed by atoms with Gasteiger partial charge in [-0.1, -0.05) is 26.0 Å². The number of nitrogens with zero attached hydrogens (tertiary/aromatic N) is 1. The SMILES string of the molecule is COc1cccc(C(C)(C)c2c[nH]c(=S)n2-c2ccc(F)cc2)c1. The lowest BCUT2D eigenvalue weighted by Gasteiger charge is -2.27. The molecule has 3 aromatic rings. The maximum Gasteiger partial charge on any atom is 0.182 e. The Balaban J connectivity index is 2.15. The van der Waals surface area contributed by atoms with Crippen LogP contribution in [-0.4, -0.2) is 16.7 Å². The van der Waals surface area contributed by atoms with Crippen LogP contribution in [0.1, 0.15) is 25.1 Å². The highest BCUT2D eigenvalue weighted by atomic mass is 32.1. The van der Waals surface area contributed by atoms with Crippen molar-refractivity contribution in [3.63, 3.8) is 0 Å². The molecule has 3 nitrogen and oxygen atoms in total. The third-order valence-corrected chi connectivity index (χ3v) is 4.59. The largest absolute Gasteiger partial charge is 0.497 e. The lowest BCUT2D eigenvalue weighted by atomic mass is 9.81. The second-order valence-corrected chi connectivity index (χ2v) is 6.53. The molecule has 1 heterocycles. The second kappa shape index (κ2) is 6.24. The Hall–Kier alpha value is -2.40. The number of benzene rings is 2. The lowest BCUT2D eigenvalue weighted by molar-refractivity contribution is 0.413. The van der Waals surface area contributed by atoms with Crippen LogP contribution >= 0.6 is 12.2 Å². The van der Waals surface area contributed by atoms with Crippen LogP contribution in [-0.2, 0) is 5.41 Å². The van der Waals surface area contributed by atoms with Crippen molar-refractivity contribution in [2.45, 2.75) is 19.3 Å². The van der Waals surface area contributed by atoms with Gasteiger partial charge in [0.25, 0.3) is 0 Å². The number of ether oxygens (including phenoxy) is 1. The average molecular weight is 342 g/mol. The van der Waals surface area contributed by atoms with Gasteiger partial charge in [0.2, 0.25) is 0 Å². The summed E-state index contributed by atoms with van der Waals surface area (Å²) in [4.78, 5) is 3.11. The predicted octanol–water partition coefficient (Wildman–Crippen LogP) is 5.01. The monoisotopic (exact) mass is 342 g/mol. The van der Waals surface area contributed by atoms with Crippen molar-refractivity contribution in [1.29, 1.82) is 0 Å². The van der Waals surface area contributed by atoms with Gasteiger partial charge in [0, 0.05) is 17.3 Å². The van der Waals surface area contributed by atoms with Gasteiger partial charge in [0.15, 0.2) is 4.77 Å². The van der Waals surface area contributed by atoms with Gasteiger partial charge >= 0.3 is 0 Å². The van der Waals surface area contributed by atoms with Crippen molar-refractivity contribution >= 4 is 12.2 Å². The average Bonchev–Trinajstić information content (AvgIpc) is 2.98. The second-order valence-electron chi connectivity index (χ2n) is 6.15. The molecule has 0 spiro atoms. The van der Waals surface area contributed by atoms with Crippen LogP contribution in [0.5, 0.6) is 5.75 Å². The van der Waals surface area contributed by atoms with Gasteiger partial charge in [-0.25, -0.2) is 4.39 Å². The number of aromatic nitrogens is 2. The molecule has 0 bridgehead atoms. The van der Waals surface area contributed by atoms with Gasteiger partial charge in [-0.2, -0.15) is 0 Å². The van der Waals surface area contributed by atoms with Gasteiger partial charge in [-0.05, 0) is 54.2 Å². The van der Waals surface area contributed by atoms with Crippen LogP contribution in [0.4, 0.5) is 4.39 Å². The van der Waals surface area contributed by atoms with Gasteiger partial charge < -0.3 is 9.72 Å². The third kappa shape index (κ3) is 2.87. The molecule has 0 saturated heterocycles. The first-order chi connectivity index (χ1) is 11.4. The molecule has 3 rings (SSSR count). The van der Waals surface area contributed by atoms with Crippen molar-refractivity contribution in [1.82, 2.24) is 9.55 Å². The van der Waals surface area contributed by atoms with Gasteiger partial charge in [0.05, 0.1) is 12.8 Å². The summed E-state index contributed by atoms with van der Waals surface area (Å²) in [5.41, 5.74) is 2.60. The summed E-state index contributed by atoms with van der Waals surface area (Å²) in [5, 5.41) is 0. The zero-order chi connectivity index (χ0) is 17.3. The zero-order valence-electron chi connectivity index (χ0n) is 13.8. The maximum absolute atomic E-state index is 13.3. The molecule has 0 saturated carbocycles. The number of methoxy groups -OCH3 is 1. The number of rotatable bonds is 4. The minimum Gasteiger partial charge on any atom is -0.497 e. The molecule has 124 valence electrons. The van der Waals surface area contributed by atoms with Crippen LogP contribution in [0.3, 0.4) is 0 Å². The molecular formula is C19H19FN2OS. The lowest BCUT2D eigenvalue weighted by Crippen LogP contribution is -2.23. The minimum absolute atomic E-state index is 0.269. The number of aromatic amines is 1. The molecule has 0 unspecified atom stereocenters. The number of halogens is 1. The first kappa shape index (κ1) is 16.5. The summed E-state index contributed by atoms with van der Waals surface area (Å²) in [5.74, 6) is 0.539. The van der Waals surface area contributed by atoms with Crippen molar-refractivity contribution in [3.05, 3.63) is 76.6 Å². The fourth-order valence-electron chi connectivity index (χ4n) is 2.83. The normalized spacial score (nSPS) is 11.5. The molecule has 0 aliphatic heterocycles. The van der Waals surface area contributed by atoms with Crippen LogP contribution in [0, 0.1) is 10.6 Å². The van der Waals surface area contributed by atoms with E-state index in [1.807, 2.05) is 29.0 Å². The molecule has 1 aromatic heterocycles. The summed E-state index contributed by atoms with van der Waals surface area (Å²) in [7, 11) is 1.66. The van der Waals surface area contributed by atoms with E-state index in [-0.39, 0.29) is 11.2 Å². The molecule has 24 heavy (non-hydrogen) atoms. The van der Waals surface area contributed by atoms with Gasteiger partial charge in [-0.15, -0.1) is 0 Å². The number of hydrogen-bond acceptors (Lipinski definition) is 2. The summed E-state index contributed by atoms with van der Waals surface area (Å²) < 4.78 is 21.1. The van der Waals surface area contributed by atoms with E-state index >= 15 is 0 Å². The highest BCUT2D eigenvalue weighted by Crippen LogP contribution is 2.34. The van der Waals surface area contributed by atoms with E-state index in [4.69, 9.17) is 17.0 Å². The third-order valence-electron chi connectivity index (χ3n) is 4.29. The Labute approximate surface area is 145 Å². The topological polar surface area (TPSA) is 29.9 Å². The smallest absolute Gasteiger partial charge is 0.182 e. The van der Waals surface area contributed by atoms with E-state index in [1.54, 1.807) is 19.2 Å². The number of hydrogen-bond donors (Lipinski definition) is 1. The molecule has 5 heteroatoms. The van der Waals surface area contributed by atoms with E-state index in [0.717, 1.165) is 22.7 Å². The first-order valence-electron chi connectivity index (χ1n) is 7.65. The maximum atomic E-state index is 13.3. The summed E-state index contributed by atoms with van der Waals surface area (Å²) >= 11 is 5.44. The molecule has 0 amide bonds. The molecule has 0 atom stereocenters. The van der Waals surface area contributed by atoms with Crippen LogP contribution < -0.4 is 4.74 Å². The predicted molar refractivity (Wildman–Crippen MR) is 96.0 cm³/mol. The summed E-state index contributed by atoms with van der Waals surface area (Å²) in [6.45, 7) is 4.25. The molecular weight excluding hydrogens is 323 g/mol. The molecule has 0 aliphatic carbocycles. The van der Waals surface area contributed by atoms with Crippen LogP contribution in [0.15, 0.2) is 54.7 Å². The number of H-pyrrole nitrogens is 1. The molecule has 0 aliphatic rings. The van der Waals surface area contributed by atoms with Crippen LogP contribution in [0.25, 0.3) is 5.69 Å². The Kier molecular flexibility index (Phi) is 4.28. The Morgan fingerprint density at radius 2 is 1.83 bits per heavy atom. The Bertz CT molecular complexity index is 910. The highest BCUT2D eigenvalue weighted by Gasteiger charge is 2.28. The standard InChI is InChI=1S/C19H19FN2OS/c1-19(2,13-5-4-6-16(11-13)23-3)17-12-21-18(24)22(17)15-9-7-14(20)8-10-15/h4-12H,1-3H3,(H,21,24). The summed E-state index contributed by atoms with van der Waals surface area (Å²) in [6, 6.07) is 14.3. The number of nitrogens with one attached hydrogen (secondary N) is 1. The van der Waals surface area contributed by atoms with E-state index in [0.29, 0.717) is 4.77 Å². The molecule has 2 aromatic carbocycles. The number of imidazole rings is 1. The summed E-state index contributed by atoms with van der Waals surface area (Å²) in [6.07, 6.45) is 1.91. The van der Waals surface area contributed by atoms with Crippen LogP contribution in [0.2, 0.25) is 0 Å². The van der Waals surface area contributed by atoms with E-state index in [2.05, 4.69) is 24.9 Å². The Morgan fingerprint density at radius 1 is 1.12 bits per heavy atom.